The van der Waals surface area contributed by atoms with E-state index < -0.39 is 5.60 Å². The van der Waals surface area contributed by atoms with Crippen LogP contribution in [-0.2, 0) is 0 Å². The molecule has 0 heterocycles. The molecule has 0 amide bonds. The van der Waals surface area contributed by atoms with Crippen molar-refractivity contribution in [3.05, 3.63) is 12.2 Å². The topological polar surface area (TPSA) is 23.5 Å². The summed E-state index contributed by atoms with van der Waals surface area (Å²) in [5.74, 6) is 5.80. The van der Waals surface area contributed by atoms with Gasteiger partial charge < -0.3 is 5.11 Å². The molecule has 0 aliphatic carbocycles. The molecule has 0 saturated heterocycles. The average molecular weight is 195 g/mol. The van der Waals surface area contributed by atoms with Gasteiger partial charge in [-0.1, -0.05) is 32.3 Å². The lowest BCUT2D eigenvalue weighted by Gasteiger charge is -2.17. The molecule has 0 aromatic rings. The highest BCUT2D eigenvalue weighted by molar-refractivity contribution is 5.26. The third-order valence-electron chi connectivity index (χ3n) is 2.36. The van der Waals surface area contributed by atoms with Crippen molar-refractivity contribution < 1.29 is 5.11 Å². The van der Waals surface area contributed by atoms with E-state index >= 15 is 0 Å². The Labute approximate surface area is 87.6 Å². The van der Waals surface area contributed by atoms with Crippen LogP contribution in [-0.4, -0.2) is 35.2 Å². The second kappa shape index (κ2) is 5.85. The van der Waals surface area contributed by atoms with E-state index in [9.17, 15) is 5.11 Å². The zero-order valence-electron chi connectivity index (χ0n) is 9.72. The van der Waals surface area contributed by atoms with E-state index in [1.807, 2.05) is 0 Å². The van der Waals surface area contributed by atoms with Crippen molar-refractivity contribution in [2.45, 2.75) is 33.3 Å². The molecule has 0 radical (unpaired) electrons. The van der Waals surface area contributed by atoms with Crippen LogP contribution in [0.2, 0.25) is 0 Å². The van der Waals surface area contributed by atoms with Crippen LogP contribution >= 0.6 is 0 Å². The molecule has 80 valence electrons. The van der Waals surface area contributed by atoms with Crippen LogP contribution in [0.4, 0.5) is 0 Å². The van der Waals surface area contributed by atoms with Crippen molar-refractivity contribution in [2.24, 2.45) is 0 Å². The van der Waals surface area contributed by atoms with Gasteiger partial charge in [-0.15, -0.1) is 0 Å². The monoisotopic (exact) mass is 195 g/mol. The van der Waals surface area contributed by atoms with Gasteiger partial charge in [0.25, 0.3) is 0 Å². The molecular formula is C12H21NO. The maximum absolute atomic E-state index is 9.76. The Morgan fingerprint density at radius 3 is 2.29 bits per heavy atom. The lowest BCUT2D eigenvalue weighted by Crippen LogP contribution is -2.25. The van der Waals surface area contributed by atoms with E-state index in [2.05, 4.69) is 37.2 Å². The molecule has 0 spiro atoms. The lowest BCUT2D eigenvalue weighted by molar-refractivity contribution is 0.161. The van der Waals surface area contributed by atoms with Crippen molar-refractivity contribution in [1.29, 1.82) is 0 Å². The standard InChI is InChI=1S/C12H21NO/c1-6-13(7-2)10-8-9-12(5,14)11(3)4/h14H,3,6-7,10H2,1-2,4-5H3. The Kier molecular flexibility index (Phi) is 5.52. The van der Waals surface area contributed by atoms with Gasteiger partial charge in [0.2, 0.25) is 0 Å². The van der Waals surface area contributed by atoms with Crippen molar-refractivity contribution in [1.82, 2.24) is 4.90 Å². The molecule has 0 aliphatic rings. The van der Waals surface area contributed by atoms with Gasteiger partial charge in [0.05, 0.1) is 6.54 Å². The van der Waals surface area contributed by atoms with Gasteiger partial charge in [-0.3, -0.25) is 4.90 Å². The van der Waals surface area contributed by atoms with Crippen molar-refractivity contribution in [2.75, 3.05) is 19.6 Å². The first-order valence-corrected chi connectivity index (χ1v) is 5.04. The zero-order chi connectivity index (χ0) is 11.2. The number of aliphatic hydroxyl groups is 1. The minimum absolute atomic E-state index is 0.685. The first-order valence-electron chi connectivity index (χ1n) is 5.04. The van der Waals surface area contributed by atoms with Gasteiger partial charge in [-0.25, -0.2) is 0 Å². The Bertz CT molecular complexity index is 241. The van der Waals surface area contributed by atoms with Crippen LogP contribution in [0.15, 0.2) is 12.2 Å². The third-order valence-corrected chi connectivity index (χ3v) is 2.36. The van der Waals surface area contributed by atoms with Gasteiger partial charge >= 0.3 is 0 Å². The molecule has 2 nitrogen and oxygen atoms in total. The molecule has 0 aromatic heterocycles. The SMILES string of the molecule is C=C(C)C(C)(O)C#CCN(CC)CC. The normalized spacial score (nSPS) is 14.4. The predicted octanol–water partition coefficient (Wildman–Crippen LogP) is 1.66. The van der Waals surface area contributed by atoms with Crippen molar-refractivity contribution in [3.8, 4) is 11.8 Å². The van der Waals surface area contributed by atoms with Crippen molar-refractivity contribution >= 4 is 0 Å². The summed E-state index contributed by atoms with van der Waals surface area (Å²) in [6.45, 7) is 14.0. The Morgan fingerprint density at radius 1 is 1.43 bits per heavy atom. The van der Waals surface area contributed by atoms with E-state index in [4.69, 9.17) is 0 Å². The fourth-order valence-electron chi connectivity index (χ4n) is 0.877. The van der Waals surface area contributed by atoms with Crippen LogP contribution in [0.25, 0.3) is 0 Å². The summed E-state index contributed by atoms with van der Waals surface area (Å²) in [5.41, 5.74) is -0.364. The first kappa shape index (κ1) is 13.2. The molecule has 0 saturated carbocycles. The molecule has 0 bridgehead atoms. The molecule has 0 rings (SSSR count). The van der Waals surface area contributed by atoms with E-state index in [0.717, 1.165) is 13.1 Å². The summed E-state index contributed by atoms with van der Waals surface area (Å²) in [5, 5.41) is 9.76. The second-order valence-corrected chi connectivity index (χ2v) is 3.62. The maximum atomic E-state index is 9.76. The quantitative estimate of drug-likeness (QED) is 0.545. The summed E-state index contributed by atoms with van der Waals surface area (Å²) in [6.07, 6.45) is 0. The highest BCUT2D eigenvalue weighted by Crippen LogP contribution is 2.11. The van der Waals surface area contributed by atoms with Gasteiger partial charge in [0.1, 0.15) is 5.60 Å². The van der Waals surface area contributed by atoms with Crippen LogP contribution in [0.3, 0.4) is 0 Å². The molecule has 1 unspecified atom stereocenters. The van der Waals surface area contributed by atoms with Gasteiger partial charge in [0, 0.05) is 0 Å². The fraction of sp³-hybridized carbons (Fsp3) is 0.667. The second-order valence-electron chi connectivity index (χ2n) is 3.62. The molecule has 14 heavy (non-hydrogen) atoms. The number of nitrogens with zero attached hydrogens (tertiary/aromatic N) is 1. The van der Waals surface area contributed by atoms with Gasteiger partial charge in [0.15, 0.2) is 0 Å². The molecule has 0 aliphatic heterocycles. The molecule has 0 fully saturated rings. The third kappa shape index (κ3) is 4.45. The number of rotatable bonds is 4. The number of hydrogen-bond donors (Lipinski definition) is 1. The Morgan fingerprint density at radius 2 is 1.93 bits per heavy atom. The Balaban J connectivity index is 4.23. The lowest BCUT2D eigenvalue weighted by atomic mass is 10.00. The van der Waals surface area contributed by atoms with Crippen LogP contribution in [0.5, 0.6) is 0 Å². The molecule has 0 aromatic carbocycles. The Hall–Kier alpha value is -0.780. The van der Waals surface area contributed by atoms with Crippen LogP contribution in [0.1, 0.15) is 27.7 Å². The summed E-state index contributed by atoms with van der Waals surface area (Å²) in [6, 6.07) is 0. The van der Waals surface area contributed by atoms with Crippen LogP contribution in [0, 0.1) is 11.8 Å². The fourth-order valence-corrected chi connectivity index (χ4v) is 0.877. The van der Waals surface area contributed by atoms with E-state index in [1.165, 1.54) is 0 Å². The summed E-state index contributed by atoms with van der Waals surface area (Å²) < 4.78 is 0. The summed E-state index contributed by atoms with van der Waals surface area (Å²) >= 11 is 0. The van der Waals surface area contributed by atoms with E-state index in [-0.39, 0.29) is 0 Å². The smallest absolute Gasteiger partial charge is 0.143 e. The predicted molar refractivity (Wildman–Crippen MR) is 61.0 cm³/mol. The minimum atomic E-state index is -1.05. The highest BCUT2D eigenvalue weighted by atomic mass is 16.3. The molecule has 1 atom stereocenters. The largest absolute Gasteiger partial charge is 0.374 e. The highest BCUT2D eigenvalue weighted by Gasteiger charge is 2.16. The molecule has 1 N–H and O–H groups in total. The van der Waals surface area contributed by atoms with Gasteiger partial charge in [-0.2, -0.15) is 0 Å². The van der Waals surface area contributed by atoms with E-state index in [1.54, 1.807) is 13.8 Å². The van der Waals surface area contributed by atoms with Gasteiger partial charge in [-0.05, 0) is 32.5 Å². The summed E-state index contributed by atoms with van der Waals surface area (Å²) in [4.78, 5) is 2.20. The molecule has 2 heteroatoms. The first-order chi connectivity index (χ1) is 6.44. The number of hydrogen-bond acceptors (Lipinski definition) is 2. The zero-order valence-corrected chi connectivity index (χ0v) is 9.72. The minimum Gasteiger partial charge on any atom is -0.374 e. The maximum Gasteiger partial charge on any atom is 0.143 e. The van der Waals surface area contributed by atoms with Crippen molar-refractivity contribution in [3.63, 3.8) is 0 Å². The van der Waals surface area contributed by atoms with E-state index in [0.29, 0.717) is 12.1 Å². The molecular weight excluding hydrogens is 174 g/mol. The average Bonchev–Trinajstić information content (AvgIpc) is 2.12. The summed E-state index contributed by atoms with van der Waals surface area (Å²) in [7, 11) is 0. The van der Waals surface area contributed by atoms with Crippen LogP contribution < -0.4 is 0 Å².